The summed E-state index contributed by atoms with van der Waals surface area (Å²) in [5.74, 6) is -0.308. The van der Waals surface area contributed by atoms with Gasteiger partial charge in [-0.25, -0.2) is 0 Å². The maximum Gasteiger partial charge on any atom is 0.236 e. The lowest BCUT2D eigenvalue weighted by molar-refractivity contribution is -0.124. The summed E-state index contributed by atoms with van der Waals surface area (Å²) >= 11 is 6.22. The number of aromatic nitrogens is 2. The molecule has 3 N–H and O–H groups in total. The van der Waals surface area contributed by atoms with Gasteiger partial charge in [-0.3, -0.25) is 14.4 Å². The second kappa shape index (κ2) is 5.26. The Morgan fingerprint density at radius 1 is 1.67 bits per heavy atom. The lowest BCUT2D eigenvalue weighted by atomic mass is 10.1. The van der Waals surface area contributed by atoms with Gasteiger partial charge in [0.25, 0.3) is 0 Å². The van der Waals surface area contributed by atoms with Gasteiger partial charge in [-0.05, 0) is 6.92 Å². The van der Waals surface area contributed by atoms with Crippen LogP contribution in [0.2, 0.25) is 5.02 Å². The smallest absolute Gasteiger partial charge is 0.236 e. The van der Waals surface area contributed by atoms with Gasteiger partial charge in [-0.15, -0.1) is 0 Å². The number of carbonyl (C=O) groups excluding carboxylic acids is 1. The number of rotatable bonds is 3. The number of carbonyl (C=O) groups is 1. The van der Waals surface area contributed by atoms with Gasteiger partial charge in [-0.2, -0.15) is 5.10 Å². The summed E-state index contributed by atoms with van der Waals surface area (Å²) in [5, 5.41) is 8.11. The number of hydrogen-bond acceptors (Lipinski definition) is 4. The predicted octanol–water partition coefficient (Wildman–Crippen LogP) is -0.359. The molecule has 2 rings (SSSR count). The number of nitrogens with two attached hydrogens (primary N) is 1. The van der Waals surface area contributed by atoms with Crippen molar-refractivity contribution < 1.29 is 4.79 Å². The first kappa shape index (κ1) is 13.3. The molecule has 7 heteroatoms. The number of primary amides is 1. The number of piperazine rings is 1. The Bertz CT molecular complexity index is 459. The van der Waals surface area contributed by atoms with E-state index in [2.05, 4.69) is 10.4 Å². The van der Waals surface area contributed by atoms with Crippen molar-refractivity contribution in [3.8, 4) is 0 Å². The van der Waals surface area contributed by atoms with Crippen LogP contribution in [-0.4, -0.2) is 46.3 Å². The third kappa shape index (κ3) is 2.50. The lowest BCUT2D eigenvalue weighted by Gasteiger charge is -2.34. The van der Waals surface area contributed by atoms with Crippen LogP contribution in [0.4, 0.5) is 0 Å². The number of halogens is 1. The summed E-state index contributed by atoms with van der Waals surface area (Å²) < 4.78 is 1.76. The Kier molecular flexibility index (Phi) is 3.89. The summed E-state index contributed by atoms with van der Waals surface area (Å²) in [4.78, 5) is 13.5. The van der Waals surface area contributed by atoms with Crippen LogP contribution in [-0.2, 0) is 18.4 Å². The van der Waals surface area contributed by atoms with Crippen LogP contribution in [0.25, 0.3) is 0 Å². The minimum Gasteiger partial charge on any atom is -0.368 e. The van der Waals surface area contributed by atoms with Gasteiger partial charge < -0.3 is 11.1 Å². The molecule has 0 bridgehead atoms. The third-order valence-electron chi connectivity index (χ3n) is 3.30. The molecule has 2 heterocycles. The highest BCUT2D eigenvalue weighted by atomic mass is 35.5. The summed E-state index contributed by atoms with van der Waals surface area (Å²) in [6.07, 6.45) is 0. The highest BCUT2D eigenvalue weighted by Gasteiger charge is 2.28. The van der Waals surface area contributed by atoms with E-state index in [4.69, 9.17) is 17.3 Å². The van der Waals surface area contributed by atoms with Crippen LogP contribution in [0.1, 0.15) is 11.4 Å². The summed E-state index contributed by atoms with van der Waals surface area (Å²) in [7, 11) is 1.86. The molecule has 0 aromatic carbocycles. The molecular weight excluding hydrogens is 254 g/mol. The minimum absolute atomic E-state index is 0.287. The Hall–Kier alpha value is -1.11. The fourth-order valence-electron chi connectivity index (χ4n) is 2.26. The monoisotopic (exact) mass is 271 g/mol. The van der Waals surface area contributed by atoms with Crippen LogP contribution in [0.5, 0.6) is 0 Å². The van der Waals surface area contributed by atoms with Crippen molar-refractivity contribution in [2.45, 2.75) is 19.5 Å². The van der Waals surface area contributed by atoms with Crippen molar-refractivity contribution in [3.63, 3.8) is 0 Å². The van der Waals surface area contributed by atoms with E-state index in [-0.39, 0.29) is 11.9 Å². The zero-order valence-corrected chi connectivity index (χ0v) is 11.4. The Labute approximate surface area is 111 Å². The van der Waals surface area contributed by atoms with Gasteiger partial charge in [0, 0.05) is 33.2 Å². The maximum absolute atomic E-state index is 11.4. The number of nitrogens with zero attached hydrogens (tertiary/aromatic N) is 3. The van der Waals surface area contributed by atoms with Crippen molar-refractivity contribution in [3.05, 3.63) is 16.4 Å². The van der Waals surface area contributed by atoms with Crippen LogP contribution in [0.3, 0.4) is 0 Å². The van der Waals surface area contributed by atoms with E-state index in [1.807, 2.05) is 18.9 Å². The SMILES string of the molecule is Cc1nn(C)c(CN2CCNCC2C(N)=O)c1Cl. The van der Waals surface area contributed by atoms with Gasteiger partial charge in [-0.1, -0.05) is 11.6 Å². The molecule has 6 nitrogen and oxygen atoms in total. The average Bonchev–Trinajstić information content (AvgIpc) is 2.56. The van der Waals surface area contributed by atoms with Crippen LogP contribution in [0.15, 0.2) is 0 Å². The summed E-state index contributed by atoms with van der Waals surface area (Å²) in [6.45, 7) is 4.66. The molecule has 0 radical (unpaired) electrons. The standard InChI is InChI=1S/C11H18ClN5O/c1-7-10(12)9(16(2)15-7)6-17-4-3-14-5-8(17)11(13)18/h8,14H,3-6H2,1-2H3,(H2,13,18). The Balaban J connectivity index is 2.18. The van der Waals surface area contributed by atoms with E-state index in [0.29, 0.717) is 18.1 Å². The van der Waals surface area contributed by atoms with E-state index >= 15 is 0 Å². The quantitative estimate of drug-likeness (QED) is 0.787. The lowest BCUT2D eigenvalue weighted by Crippen LogP contribution is -2.56. The zero-order chi connectivity index (χ0) is 13.3. The van der Waals surface area contributed by atoms with Crippen molar-refractivity contribution in [2.24, 2.45) is 12.8 Å². The van der Waals surface area contributed by atoms with Crippen molar-refractivity contribution in [1.29, 1.82) is 0 Å². The van der Waals surface area contributed by atoms with E-state index in [9.17, 15) is 4.79 Å². The molecule has 1 fully saturated rings. The molecule has 1 aliphatic rings. The number of hydrogen-bond donors (Lipinski definition) is 2. The Morgan fingerprint density at radius 3 is 2.94 bits per heavy atom. The molecule has 0 saturated carbocycles. The van der Waals surface area contributed by atoms with Gasteiger partial charge in [0.2, 0.25) is 5.91 Å². The fraction of sp³-hybridized carbons (Fsp3) is 0.636. The molecule has 1 atom stereocenters. The van der Waals surface area contributed by atoms with Gasteiger partial charge in [0.1, 0.15) is 6.04 Å². The van der Waals surface area contributed by atoms with E-state index in [1.165, 1.54) is 0 Å². The molecule has 100 valence electrons. The number of amides is 1. The largest absolute Gasteiger partial charge is 0.368 e. The van der Waals surface area contributed by atoms with Crippen molar-refractivity contribution in [1.82, 2.24) is 20.0 Å². The normalized spacial score (nSPS) is 21.2. The molecule has 1 unspecified atom stereocenters. The minimum atomic E-state index is -0.308. The predicted molar refractivity (Wildman–Crippen MR) is 69.2 cm³/mol. The molecule has 0 spiro atoms. The summed E-state index contributed by atoms with van der Waals surface area (Å²) in [6, 6.07) is -0.287. The Morgan fingerprint density at radius 2 is 2.39 bits per heavy atom. The zero-order valence-electron chi connectivity index (χ0n) is 10.6. The van der Waals surface area contributed by atoms with Crippen LogP contribution in [0, 0.1) is 6.92 Å². The molecule has 18 heavy (non-hydrogen) atoms. The highest BCUT2D eigenvalue weighted by molar-refractivity contribution is 6.31. The number of nitrogens with one attached hydrogen (secondary N) is 1. The van der Waals surface area contributed by atoms with Gasteiger partial charge in [0.05, 0.1) is 16.4 Å². The first-order chi connectivity index (χ1) is 8.50. The van der Waals surface area contributed by atoms with Gasteiger partial charge in [0.15, 0.2) is 0 Å². The second-order valence-electron chi connectivity index (χ2n) is 4.56. The molecule has 1 amide bonds. The molecular formula is C11H18ClN5O. The molecule has 1 saturated heterocycles. The third-order valence-corrected chi connectivity index (χ3v) is 3.79. The van der Waals surface area contributed by atoms with Crippen LogP contribution >= 0.6 is 11.6 Å². The molecule has 1 aromatic rings. The second-order valence-corrected chi connectivity index (χ2v) is 4.94. The average molecular weight is 272 g/mol. The first-order valence-electron chi connectivity index (χ1n) is 5.92. The number of aryl methyl sites for hydroxylation is 2. The maximum atomic E-state index is 11.4. The summed E-state index contributed by atoms with van der Waals surface area (Å²) in [5.41, 5.74) is 7.14. The van der Waals surface area contributed by atoms with Crippen molar-refractivity contribution in [2.75, 3.05) is 19.6 Å². The van der Waals surface area contributed by atoms with E-state index in [1.54, 1.807) is 4.68 Å². The fourth-order valence-corrected chi connectivity index (χ4v) is 2.48. The van der Waals surface area contributed by atoms with Crippen molar-refractivity contribution >= 4 is 17.5 Å². The first-order valence-corrected chi connectivity index (χ1v) is 6.30. The van der Waals surface area contributed by atoms with Crippen LogP contribution < -0.4 is 11.1 Å². The molecule has 1 aliphatic heterocycles. The van der Waals surface area contributed by atoms with E-state index in [0.717, 1.165) is 24.5 Å². The topological polar surface area (TPSA) is 76.2 Å². The van der Waals surface area contributed by atoms with E-state index < -0.39 is 0 Å². The highest BCUT2D eigenvalue weighted by Crippen LogP contribution is 2.22. The molecule has 0 aliphatic carbocycles. The molecule has 1 aromatic heterocycles. The van der Waals surface area contributed by atoms with Gasteiger partial charge >= 0.3 is 0 Å².